The van der Waals surface area contributed by atoms with E-state index in [2.05, 4.69) is 0 Å². The topological polar surface area (TPSA) is 20.2 Å². The van der Waals surface area contributed by atoms with Crippen LogP contribution in [-0.4, -0.2) is 14.5 Å². The normalized spacial score (nSPS) is 17.1. The first kappa shape index (κ1) is 10.8. The molecule has 0 aliphatic rings. The first-order chi connectivity index (χ1) is 4.15. The van der Waals surface area contributed by atoms with Crippen LogP contribution in [-0.2, 0) is 0 Å². The van der Waals surface area contributed by atoms with E-state index in [0.717, 1.165) is 0 Å². The highest BCUT2D eigenvalue weighted by Crippen LogP contribution is 2.40. The van der Waals surface area contributed by atoms with Crippen molar-refractivity contribution in [3.8, 4) is 0 Å². The summed E-state index contributed by atoms with van der Waals surface area (Å²) in [6.07, 6.45) is 0. The highest BCUT2D eigenvalue weighted by Gasteiger charge is 2.38. The molecule has 0 rings (SSSR count). The lowest BCUT2D eigenvalue weighted by atomic mass is 9.95. The zero-order valence-corrected chi connectivity index (χ0v) is 8.43. The molecule has 0 aliphatic heterocycles. The fraction of sp³-hybridized carbons (Fsp3) is 1.00. The van der Waals surface area contributed by atoms with Gasteiger partial charge in [0.2, 0.25) is 0 Å². The molecule has 0 amide bonds. The fourth-order valence-corrected chi connectivity index (χ4v) is 1.20. The van der Waals surface area contributed by atoms with Gasteiger partial charge in [0.05, 0.1) is 5.60 Å². The van der Waals surface area contributed by atoms with Crippen LogP contribution in [0, 0.1) is 5.92 Å². The third kappa shape index (κ3) is 3.29. The maximum atomic E-state index is 9.37. The van der Waals surface area contributed by atoms with Crippen molar-refractivity contribution in [2.45, 2.75) is 30.2 Å². The van der Waals surface area contributed by atoms with Crippen LogP contribution in [0.1, 0.15) is 20.8 Å². The molecular weight excluding hydrogens is 194 g/mol. The second kappa shape index (κ2) is 3.06. The van der Waals surface area contributed by atoms with Gasteiger partial charge in [0, 0.05) is 5.92 Å². The van der Waals surface area contributed by atoms with E-state index in [1.54, 1.807) is 20.8 Å². The maximum Gasteiger partial charge on any atom is 0.195 e. The smallest absolute Gasteiger partial charge is 0.195 e. The van der Waals surface area contributed by atoms with Gasteiger partial charge in [-0.25, -0.2) is 0 Å². The molecule has 10 heavy (non-hydrogen) atoms. The molecule has 0 radical (unpaired) electrons. The molecule has 0 aliphatic carbocycles. The van der Waals surface area contributed by atoms with E-state index in [9.17, 15) is 5.11 Å². The monoisotopic (exact) mass is 204 g/mol. The molecule has 0 saturated carbocycles. The van der Waals surface area contributed by atoms with Gasteiger partial charge in [-0.05, 0) is 13.8 Å². The van der Waals surface area contributed by atoms with Gasteiger partial charge >= 0.3 is 0 Å². The third-order valence-electron chi connectivity index (χ3n) is 1.55. The summed E-state index contributed by atoms with van der Waals surface area (Å²) >= 11 is 16.6. The molecule has 0 saturated heterocycles. The molecule has 1 N–H and O–H groups in total. The molecule has 1 atom stereocenters. The lowest BCUT2D eigenvalue weighted by Gasteiger charge is -2.31. The third-order valence-corrected chi connectivity index (χ3v) is 2.53. The number of hydrogen-bond donors (Lipinski definition) is 1. The van der Waals surface area contributed by atoms with Gasteiger partial charge in [-0.15, -0.1) is 0 Å². The van der Waals surface area contributed by atoms with Gasteiger partial charge in [0.1, 0.15) is 0 Å². The molecule has 0 fully saturated rings. The van der Waals surface area contributed by atoms with Crippen LogP contribution in [0.25, 0.3) is 0 Å². The summed E-state index contributed by atoms with van der Waals surface area (Å²) in [5.41, 5.74) is -0.953. The first-order valence-corrected chi connectivity index (χ1v) is 4.08. The SMILES string of the molecule is CC(C(C)(C)O)C(Cl)(Cl)Cl. The van der Waals surface area contributed by atoms with E-state index >= 15 is 0 Å². The Labute approximate surface area is 76.3 Å². The van der Waals surface area contributed by atoms with Crippen LogP contribution in [0.3, 0.4) is 0 Å². The van der Waals surface area contributed by atoms with Gasteiger partial charge in [0.25, 0.3) is 0 Å². The summed E-state index contributed by atoms with van der Waals surface area (Å²) in [6, 6.07) is 0. The molecule has 4 heteroatoms. The Balaban J connectivity index is 4.23. The molecule has 0 aromatic carbocycles. The van der Waals surface area contributed by atoms with E-state index in [4.69, 9.17) is 34.8 Å². The second-order valence-electron chi connectivity index (χ2n) is 2.92. The predicted octanol–water partition coefficient (Wildman–Crippen LogP) is 2.76. The molecule has 62 valence electrons. The first-order valence-electron chi connectivity index (χ1n) is 2.95. The predicted molar refractivity (Wildman–Crippen MR) is 45.8 cm³/mol. The van der Waals surface area contributed by atoms with Gasteiger partial charge in [0.15, 0.2) is 3.79 Å². The summed E-state index contributed by atoms with van der Waals surface area (Å²) in [6.45, 7) is 4.91. The molecule has 0 spiro atoms. The zero-order chi connectivity index (χ0) is 8.58. The van der Waals surface area contributed by atoms with E-state index in [1.165, 1.54) is 0 Å². The second-order valence-corrected chi connectivity index (χ2v) is 5.29. The number of halogens is 3. The molecule has 0 aromatic rings. The quantitative estimate of drug-likeness (QED) is 0.653. The van der Waals surface area contributed by atoms with E-state index in [0.29, 0.717) is 0 Å². The summed E-state index contributed by atoms with van der Waals surface area (Å²) in [5, 5.41) is 9.37. The van der Waals surface area contributed by atoms with Crippen molar-refractivity contribution in [3.05, 3.63) is 0 Å². The van der Waals surface area contributed by atoms with Crippen LogP contribution in [0.15, 0.2) is 0 Å². The van der Waals surface area contributed by atoms with Gasteiger partial charge in [-0.1, -0.05) is 41.7 Å². The average molecular weight is 206 g/mol. The molecule has 1 unspecified atom stereocenters. The Hall–Kier alpha value is 0.830. The minimum Gasteiger partial charge on any atom is -0.390 e. The average Bonchev–Trinajstić information content (AvgIpc) is 1.59. The molecular formula is C6H11Cl3O. The number of rotatable bonds is 1. The lowest BCUT2D eigenvalue weighted by molar-refractivity contribution is 0.0266. The van der Waals surface area contributed by atoms with Crippen molar-refractivity contribution in [1.29, 1.82) is 0 Å². The van der Waals surface area contributed by atoms with E-state index < -0.39 is 9.39 Å². The summed E-state index contributed by atoms with van der Waals surface area (Å²) in [7, 11) is 0. The number of hydrogen-bond acceptors (Lipinski definition) is 1. The Morgan fingerprint density at radius 1 is 1.20 bits per heavy atom. The number of aliphatic hydroxyl groups is 1. The highest BCUT2D eigenvalue weighted by atomic mass is 35.6. The molecule has 0 aromatic heterocycles. The molecule has 1 nitrogen and oxygen atoms in total. The van der Waals surface area contributed by atoms with Crippen molar-refractivity contribution in [1.82, 2.24) is 0 Å². The van der Waals surface area contributed by atoms with Crippen LogP contribution in [0.2, 0.25) is 0 Å². The van der Waals surface area contributed by atoms with E-state index in [-0.39, 0.29) is 5.92 Å². The Bertz CT molecular complexity index is 97.1. The van der Waals surface area contributed by atoms with Crippen LogP contribution >= 0.6 is 34.8 Å². The Morgan fingerprint density at radius 3 is 1.50 bits per heavy atom. The number of alkyl halides is 3. The highest BCUT2D eigenvalue weighted by molar-refractivity contribution is 6.67. The minimum absolute atomic E-state index is 0.384. The van der Waals surface area contributed by atoms with Crippen molar-refractivity contribution in [2.24, 2.45) is 5.92 Å². The standard InChI is InChI=1S/C6H11Cl3O/c1-4(5(2,3)10)6(7,8)9/h4,10H,1-3H3. The molecule has 0 bridgehead atoms. The minimum atomic E-state index is -1.39. The van der Waals surface area contributed by atoms with Crippen LogP contribution in [0.5, 0.6) is 0 Å². The van der Waals surface area contributed by atoms with Gasteiger partial charge < -0.3 is 5.11 Å². The van der Waals surface area contributed by atoms with E-state index in [1.807, 2.05) is 0 Å². The molecule has 0 heterocycles. The fourth-order valence-electron chi connectivity index (χ4n) is 0.401. The Kier molecular flexibility index (Phi) is 3.31. The lowest BCUT2D eigenvalue weighted by Crippen LogP contribution is -2.37. The zero-order valence-electron chi connectivity index (χ0n) is 6.16. The van der Waals surface area contributed by atoms with Crippen molar-refractivity contribution in [3.63, 3.8) is 0 Å². The van der Waals surface area contributed by atoms with Crippen molar-refractivity contribution < 1.29 is 5.11 Å². The maximum absolute atomic E-state index is 9.37. The summed E-state index contributed by atoms with van der Waals surface area (Å²) in [4.78, 5) is 0. The van der Waals surface area contributed by atoms with Crippen LogP contribution < -0.4 is 0 Å². The van der Waals surface area contributed by atoms with Crippen LogP contribution in [0.4, 0.5) is 0 Å². The Morgan fingerprint density at radius 2 is 1.50 bits per heavy atom. The summed E-state index contributed by atoms with van der Waals surface area (Å²) in [5.74, 6) is -0.384. The van der Waals surface area contributed by atoms with Crippen molar-refractivity contribution in [2.75, 3.05) is 0 Å². The van der Waals surface area contributed by atoms with Gasteiger partial charge in [-0.2, -0.15) is 0 Å². The van der Waals surface area contributed by atoms with Gasteiger partial charge in [-0.3, -0.25) is 0 Å². The largest absolute Gasteiger partial charge is 0.390 e. The van der Waals surface area contributed by atoms with Crippen molar-refractivity contribution >= 4 is 34.8 Å². The summed E-state index contributed by atoms with van der Waals surface area (Å²) < 4.78 is -1.39.